The van der Waals surface area contributed by atoms with E-state index in [4.69, 9.17) is 29.3 Å². The lowest BCUT2D eigenvalue weighted by atomic mass is 9.92. The molecule has 0 radical (unpaired) electrons. The van der Waals surface area contributed by atoms with Gasteiger partial charge in [-0.3, -0.25) is 9.97 Å². The van der Waals surface area contributed by atoms with Crippen LogP contribution in [0, 0.1) is 0 Å². The van der Waals surface area contributed by atoms with Gasteiger partial charge in [0, 0.05) is 44.6 Å². The normalized spacial score (nSPS) is 11.4. The maximum atomic E-state index is 6.10. The lowest BCUT2D eigenvalue weighted by Gasteiger charge is -2.16. The van der Waals surface area contributed by atoms with E-state index in [1.54, 1.807) is 6.20 Å². The smallest absolute Gasteiger partial charge is 0.164 e. The lowest BCUT2D eigenvalue weighted by molar-refractivity contribution is 0.667. The molecule has 0 amide bonds. The Kier molecular flexibility index (Phi) is 6.35. The van der Waals surface area contributed by atoms with Crippen LogP contribution >= 0.6 is 0 Å². The lowest BCUT2D eigenvalue weighted by Crippen LogP contribution is -2.02. The van der Waals surface area contributed by atoms with Gasteiger partial charge in [-0.1, -0.05) is 127 Å². The fourth-order valence-electron chi connectivity index (χ4n) is 6.22. The molecule has 4 aromatic heterocycles. The van der Waals surface area contributed by atoms with Gasteiger partial charge in [-0.25, -0.2) is 15.0 Å². The van der Waals surface area contributed by atoms with Gasteiger partial charge in [0.25, 0.3) is 0 Å². The minimum atomic E-state index is 0.580. The quantitative estimate of drug-likeness (QED) is 0.195. The number of pyridine rings is 2. The number of furan rings is 1. The van der Waals surface area contributed by atoms with Gasteiger partial charge in [0.05, 0.1) is 17.6 Å². The van der Waals surface area contributed by atoms with Crippen molar-refractivity contribution in [3.05, 3.63) is 152 Å². The van der Waals surface area contributed by atoms with E-state index in [-0.39, 0.29) is 0 Å². The summed E-state index contributed by atoms with van der Waals surface area (Å²) < 4.78 is 6.10. The molecule has 5 aromatic carbocycles. The molecule has 0 aliphatic carbocycles. The van der Waals surface area contributed by atoms with Crippen LogP contribution in [0.5, 0.6) is 0 Å². The number of benzene rings is 5. The van der Waals surface area contributed by atoms with Gasteiger partial charge in [0.1, 0.15) is 5.58 Å². The predicted molar refractivity (Wildman–Crippen MR) is 187 cm³/mol. The third kappa shape index (κ3) is 4.71. The van der Waals surface area contributed by atoms with E-state index in [1.807, 2.05) is 103 Å². The Labute approximate surface area is 270 Å². The molecule has 6 heteroatoms. The summed E-state index contributed by atoms with van der Waals surface area (Å²) in [6, 6.07) is 46.7. The van der Waals surface area contributed by atoms with Crippen molar-refractivity contribution < 1.29 is 4.42 Å². The first-order valence-corrected chi connectivity index (χ1v) is 15.4. The van der Waals surface area contributed by atoms with E-state index >= 15 is 0 Å². The molecular formula is C41H25N5O. The molecule has 0 aliphatic rings. The summed E-state index contributed by atoms with van der Waals surface area (Å²) in [6.07, 6.45) is 3.71. The highest BCUT2D eigenvalue weighted by atomic mass is 16.3. The largest absolute Gasteiger partial charge is 0.454 e. The average Bonchev–Trinajstić information content (AvgIpc) is 3.53. The Balaban J connectivity index is 1.31. The van der Waals surface area contributed by atoms with Gasteiger partial charge in [-0.15, -0.1) is 0 Å². The molecule has 9 rings (SSSR count). The molecule has 47 heavy (non-hydrogen) atoms. The highest BCUT2D eigenvalue weighted by molar-refractivity contribution is 6.08. The Morgan fingerprint density at radius 2 is 1.02 bits per heavy atom. The second-order valence-electron chi connectivity index (χ2n) is 11.3. The zero-order valence-corrected chi connectivity index (χ0v) is 25.1. The van der Waals surface area contributed by atoms with Crippen molar-refractivity contribution in [2.24, 2.45) is 0 Å². The van der Waals surface area contributed by atoms with Gasteiger partial charge in [0.15, 0.2) is 23.1 Å². The molecule has 4 heterocycles. The monoisotopic (exact) mass is 603 g/mol. The van der Waals surface area contributed by atoms with E-state index in [9.17, 15) is 0 Å². The summed E-state index contributed by atoms with van der Waals surface area (Å²) in [5, 5.41) is 4.13. The third-order valence-corrected chi connectivity index (χ3v) is 8.44. The van der Waals surface area contributed by atoms with Crippen molar-refractivity contribution in [3.8, 4) is 56.7 Å². The van der Waals surface area contributed by atoms with E-state index in [2.05, 4.69) is 42.5 Å². The summed E-state index contributed by atoms with van der Waals surface area (Å²) in [5.41, 5.74) is 7.72. The molecule has 0 saturated heterocycles. The fourth-order valence-corrected chi connectivity index (χ4v) is 6.22. The topological polar surface area (TPSA) is 77.6 Å². The van der Waals surface area contributed by atoms with E-state index < -0.39 is 0 Å². The van der Waals surface area contributed by atoms with E-state index in [0.29, 0.717) is 17.5 Å². The van der Waals surface area contributed by atoms with Crippen LogP contribution in [0.25, 0.3) is 89.4 Å². The second kappa shape index (κ2) is 11.1. The van der Waals surface area contributed by atoms with Crippen LogP contribution in [-0.2, 0) is 0 Å². The molecule has 0 saturated carbocycles. The molecule has 9 aromatic rings. The van der Waals surface area contributed by atoms with Crippen molar-refractivity contribution >= 4 is 32.7 Å². The summed E-state index contributed by atoms with van der Waals surface area (Å²) in [6.45, 7) is 0. The third-order valence-electron chi connectivity index (χ3n) is 8.44. The van der Waals surface area contributed by atoms with E-state index in [1.165, 1.54) is 0 Å². The highest BCUT2D eigenvalue weighted by Crippen LogP contribution is 2.41. The van der Waals surface area contributed by atoms with Crippen LogP contribution < -0.4 is 0 Å². The van der Waals surface area contributed by atoms with Crippen molar-refractivity contribution in [1.29, 1.82) is 0 Å². The van der Waals surface area contributed by atoms with Crippen molar-refractivity contribution in [3.63, 3.8) is 0 Å². The molecule has 0 atom stereocenters. The molecule has 6 nitrogen and oxygen atoms in total. The molecule has 0 bridgehead atoms. The van der Waals surface area contributed by atoms with Gasteiger partial charge in [-0.05, 0) is 23.1 Å². The molecule has 0 unspecified atom stereocenters. The summed E-state index contributed by atoms with van der Waals surface area (Å²) in [4.78, 5) is 25.0. The van der Waals surface area contributed by atoms with E-state index in [0.717, 1.165) is 71.9 Å². The maximum absolute atomic E-state index is 6.10. The van der Waals surface area contributed by atoms with Crippen LogP contribution in [0.2, 0.25) is 0 Å². The Bertz CT molecular complexity index is 2520. The second-order valence-corrected chi connectivity index (χ2v) is 11.3. The average molecular weight is 604 g/mol. The fraction of sp³-hybridized carbons (Fsp3) is 0. The first-order valence-electron chi connectivity index (χ1n) is 15.4. The number of hydrogen-bond acceptors (Lipinski definition) is 6. The molecule has 0 N–H and O–H groups in total. The van der Waals surface area contributed by atoms with Crippen molar-refractivity contribution in [2.75, 3.05) is 0 Å². The summed E-state index contributed by atoms with van der Waals surface area (Å²) >= 11 is 0. The predicted octanol–water partition coefficient (Wildman–Crippen LogP) is 10.0. The number of fused-ring (bicyclic) bond motifs is 4. The van der Waals surface area contributed by atoms with Crippen LogP contribution in [0.1, 0.15) is 0 Å². The van der Waals surface area contributed by atoms with Crippen LogP contribution in [0.15, 0.2) is 156 Å². The number of aromatic nitrogens is 5. The van der Waals surface area contributed by atoms with Crippen LogP contribution in [0.4, 0.5) is 0 Å². The number of nitrogens with zero attached hydrogens (tertiary/aromatic N) is 5. The van der Waals surface area contributed by atoms with Gasteiger partial charge in [-0.2, -0.15) is 0 Å². The van der Waals surface area contributed by atoms with Gasteiger partial charge < -0.3 is 4.42 Å². The number of hydrogen-bond donors (Lipinski definition) is 0. The molecule has 0 spiro atoms. The Morgan fingerprint density at radius 3 is 1.77 bits per heavy atom. The first-order chi connectivity index (χ1) is 23.3. The van der Waals surface area contributed by atoms with Crippen molar-refractivity contribution in [1.82, 2.24) is 24.9 Å². The first kappa shape index (κ1) is 26.8. The van der Waals surface area contributed by atoms with Crippen molar-refractivity contribution in [2.45, 2.75) is 0 Å². The van der Waals surface area contributed by atoms with Gasteiger partial charge >= 0.3 is 0 Å². The molecular weight excluding hydrogens is 578 g/mol. The molecule has 0 fully saturated rings. The molecule has 220 valence electrons. The zero-order valence-electron chi connectivity index (χ0n) is 25.1. The standard InChI is InChI=1S/C41H25N5O/c1-3-13-26(14-4-1)39-44-40(27-15-5-2-6-16-27)46-41(45-39)32-21-10-9-20-31(32)37-29-18-8-7-17-28(29)24-43-38(37)34-23-33-30-19-11-12-22-35(30)47-36(33)25-42-34/h1-25H. The summed E-state index contributed by atoms with van der Waals surface area (Å²) in [5.74, 6) is 1.80. The SMILES string of the molecule is c1ccc(-c2nc(-c3ccccc3)nc(-c3ccccc3-c3c(-c4cc5c(cn4)oc4ccccc45)ncc4ccccc34)n2)cc1. The minimum Gasteiger partial charge on any atom is -0.454 e. The summed E-state index contributed by atoms with van der Waals surface area (Å²) in [7, 11) is 0. The van der Waals surface area contributed by atoms with Crippen LogP contribution in [-0.4, -0.2) is 24.9 Å². The molecule has 0 aliphatic heterocycles. The Hall–Kier alpha value is -6.53. The zero-order chi connectivity index (χ0) is 31.2. The number of rotatable bonds is 5. The van der Waals surface area contributed by atoms with Crippen LogP contribution in [0.3, 0.4) is 0 Å². The van der Waals surface area contributed by atoms with Gasteiger partial charge in [0.2, 0.25) is 0 Å². The Morgan fingerprint density at radius 1 is 0.426 bits per heavy atom. The minimum absolute atomic E-state index is 0.580. The highest BCUT2D eigenvalue weighted by Gasteiger charge is 2.21. The number of para-hydroxylation sites is 1. The maximum Gasteiger partial charge on any atom is 0.164 e.